The van der Waals surface area contributed by atoms with Crippen LogP contribution in [0, 0.1) is 34.0 Å². The van der Waals surface area contributed by atoms with Gasteiger partial charge in [0, 0.05) is 17.5 Å². The van der Waals surface area contributed by atoms with Crippen LogP contribution in [0.4, 0.5) is 5.69 Å². The highest BCUT2D eigenvalue weighted by Crippen LogP contribution is 2.28. The number of nitrogens with zero attached hydrogens (tertiary/aromatic N) is 3. The monoisotopic (exact) mass is 270 g/mol. The lowest BCUT2D eigenvalue weighted by atomic mass is 10.0. The van der Waals surface area contributed by atoms with Crippen molar-refractivity contribution in [3.8, 4) is 29.3 Å². The average Bonchev–Trinajstić information content (AvgIpc) is 2.56. The van der Waals surface area contributed by atoms with Crippen molar-refractivity contribution < 1.29 is 0 Å². The van der Waals surface area contributed by atoms with E-state index in [1.54, 1.807) is 24.3 Å². The van der Waals surface area contributed by atoms with Gasteiger partial charge >= 0.3 is 0 Å². The number of hydrogen-bond donors (Lipinski definition) is 1. The Balaban J connectivity index is 2.37. The molecule has 2 aromatic carbocycles. The first kappa shape index (κ1) is 13.9. The van der Waals surface area contributed by atoms with E-state index in [9.17, 15) is 0 Å². The predicted molar refractivity (Wildman–Crippen MR) is 79.5 cm³/mol. The van der Waals surface area contributed by atoms with E-state index in [-0.39, 0.29) is 5.57 Å². The van der Waals surface area contributed by atoms with Crippen LogP contribution in [0.2, 0.25) is 0 Å². The molecule has 98 valence electrons. The predicted octanol–water partition coefficient (Wildman–Crippen LogP) is 3.57. The van der Waals surface area contributed by atoms with Gasteiger partial charge in [0.1, 0.15) is 17.7 Å². The van der Waals surface area contributed by atoms with Gasteiger partial charge in [0.05, 0.1) is 11.6 Å². The van der Waals surface area contributed by atoms with Gasteiger partial charge in [0.15, 0.2) is 0 Å². The minimum absolute atomic E-state index is 0.00429. The summed E-state index contributed by atoms with van der Waals surface area (Å²) in [7, 11) is 0. The van der Waals surface area contributed by atoms with E-state index in [0.717, 1.165) is 16.8 Å². The highest BCUT2D eigenvalue weighted by molar-refractivity contribution is 5.78. The van der Waals surface area contributed by atoms with Gasteiger partial charge in [0.2, 0.25) is 0 Å². The lowest BCUT2D eigenvalue weighted by Gasteiger charge is -2.09. The Kier molecular flexibility index (Phi) is 4.34. The van der Waals surface area contributed by atoms with Crippen LogP contribution < -0.4 is 5.32 Å². The molecule has 0 aliphatic rings. The summed E-state index contributed by atoms with van der Waals surface area (Å²) in [5.74, 6) is 0. The van der Waals surface area contributed by atoms with E-state index in [1.807, 2.05) is 36.4 Å². The Bertz CT molecular complexity index is 780. The molecule has 0 bridgehead atoms. The molecule has 0 radical (unpaired) electrons. The molecule has 0 aromatic heterocycles. The first-order chi connectivity index (χ1) is 10.3. The molecule has 0 unspecified atom stereocenters. The fourth-order valence-corrected chi connectivity index (χ4v) is 1.82. The topological polar surface area (TPSA) is 83.4 Å². The maximum Gasteiger partial charge on any atom is 0.145 e. The maximum absolute atomic E-state index is 8.82. The minimum Gasteiger partial charge on any atom is -0.359 e. The van der Waals surface area contributed by atoms with Crippen LogP contribution in [0.3, 0.4) is 0 Å². The van der Waals surface area contributed by atoms with Gasteiger partial charge in [-0.2, -0.15) is 15.8 Å². The van der Waals surface area contributed by atoms with Crippen molar-refractivity contribution in [2.24, 2.45) is 0 Å². The first-order valence-corrected chi connectivity index (χ1v) is 6.15. The smallest absolute Gasteiger partial charge is 0.145 e. The second-order valence-electron chi connectivity index (χ2n) is 4.16. The van der Waals surface area contributed by atoms with Gasteiger partial charge in [-0.1, -0.05) is 30.3 Å². The van der Waals surface area contributed by atoms with Crippen molar-refractivity contribution in [2.75, 3.05) is 5.32 Å². The van der Waals surface area contributed by atoms with Crippen LogP contribution in [-0.2, 0) is 0 Å². The lowest BCUT2D eigenvalue weighted by molar-refractivity contribution is 1.44. The third-order valence-electron chi connectivity index (χ3n) is 2.86. The van der Waals surface area contributed by atoms with Gasteiger partial charge in [0.25, 0.3) is 0 Å². The molecule has 0 fully saturated rings. The molecule has 2 rings (SSSR count). The number of allylic oxidation sites excluding steroid dienone is 1. The van der Waals surface area contributed by atoms with Crippen LogP contribution in [0.25, 0.3) is 11.1 Å². The normalized spacial score (nSPS) is 8.81. The zero-order valence-corrected chi connectivity index (χ0v) is 11.0. The lowest BCUT2D eigenvalue weighted by Crippen LogP contribution is -1.93. The van der Waals surface area contributed by atoms with Gasteiger partial charge in [-0.3, -0.25) is 0 Å². The minimum atomic E-state index is 0.00429. The standard InChI is InChI=1S/C17H10N4/c18-9-13-5-7-15(8-6-13)16-3-1-2-4-17(16)21-12-14(10-19)11-20/h1-8,12,21H. The Morgan fingerprint density at radius 2 is 1.57 bits per heavy atom. The van der Waals surface area contributed by atoms with E-state index in [1.165, 1.54) is 6.20 Å². The molecule has 2 aromatic rings. The third kappa shape index (κ3) is 3.26. The molecule has 0 saturated carbocycles. The fourth-order valence-electron chi connectivity index (χ4n) is 1.82. The van der Waals surface area contributed by atoms with E-state index in [4.69, 9.17) is 15.8 Å². The van der Waals surface area contributed by atoms with Crippen molar-refractivity contribution in [3.63, 3.8) is 0 Å². The van der Waals surface area contributed by atoms with Crippen molar-refractivity contribution in [1.82, 2.24) is 0 Å². The highest BCUT2D eigenvalue weighted by atomic mass is 14.8. The van der Waals surface area contributed by atoms with Crippen LogP contribution in [-0.4, -0.2) is 0 Å². The molecule has 4 heteroatoms. The average molecular weight is 270 g/mol. The summed E-state index contributed by atoms with van der Waals surface area (Å²) in [6, 6.07) is 20.4. The summed E-state index contributed by atoms with van der Waals surface area (Å²) in [6.07, 6.45) is 1.38. The van der Waals surface area contributed by atoms with E-state index >= 15 is 0 Å². The van der Waals surface area contributed by atoms with Crippen molar-refractivity contribution in [2.45, 2.75) is 0 Å². The summed E-state index contributed by atoms with van der Waals surface area (Å²) in [6.45, 7) is 0. The Hall–Kier alpha value is -3.55. The fraction of sp³-hybridized carbons (Fsp3) is 0. The van der Waals surface area contributed by atoms with Crippen molar-refractivity contribution >= 4 is 5.69 Å². The highest BCUT2D eigenvalue weighted by Gasteiger charge is 2.04. The van der Waals surface area contributed by atoms with E-state index in [2.05, 4.69) is 11.4 Å². The van der Waals surface area contributed by atoms with Crippen LogP contribution in [0.5, 0.6) is 0 Å². The number of nitrogens with one attached hydrogen (secondary N) is 1. The molecule has 0 amide bonds. The van der Waals surface area contributed by atoms with Gasteiger partial charge in [-0.05, 0) is 23.8 Å². The molecule has 4 nitrogen and oxygen atoms in total. The SMILES string of the molecule is N#CC(C#N)=CNc1ccccc1-c1ccc(C#N)cc1. The number of para-hydroxylation sites is 1. The summed E-state index contributed by atoms with van der Waals surface area (Å²) in [5.41, 5.74) is 3.25. The zero-order valence-electron chi connectivity index (χ0n) is 11.0. The number of benzene rings is 2. The number of rotatable bonds is 3. The number of nitriles is 3. The molecule has 0 heterocycles. The van der Waals surface area contributed by atoms with E-state index < -0.39 is 0 Å². The largest absolute Gasteiger partial charge is 0.359 e. The second kappa shape index (κ2) is 6.57. The molecular formula is C17H10N4. The summed E-state index contributed by atoms with van der Waals surface area (Å²) in [4.78, 5) is 0. The van der Waals surface area contributed by atoms with Crippen LogP contribution >= 0.6 is 0 Å². The molecule has 0 saturated heterocycles. The third-order valence-corrected chi connectivity index (χ3v) is 2.86. The Morgan fingerprint density at radius 3 is 2.19 bits per heavy atom. The van der Waals surface area contributed by atoms with Gasteiger partial charge in [-0.25, -0.2) is 0 Å². The van der Waals surface area contributed by atoms with Crippen molar-refractivity contribution in [3.05, 3.63) is 65.9 Å². The summed E-state index contributed by atoms with van der Waals surface area (Å²) < 4.78 is 0. The van der Waals surface area contributed by atoms with Gasteiger partial charge < -0.3 is 5.32 Å². The quantitative estimate of drug-likeness (QED) is 0.864. The van der Waals surface area contributed by atoms with E-state index in [0.29, 0.717) is 5.56 Å². The maximum atomic E-state index is 8.82. The summed E-state index contributed by atoms with van der Waals surface area (Å²) >= 11 is 0. The first-order valence-electron chi connectivity index (χ1n) is 6.15. The molecular weight excluding hydrogens is 260 g/mol. The Morgan fingerprint density at radius 1 is 0.905 bits per heavy atom. The molecule has 0 spiro atoms. The van der Waals surface area contributed by atoms with Crippen molar-refractivity contribution in [1.29, 1.82) is 15.8 Å². The summed E-state index contributed by atoms with van der Waals surface area (Å²) in [5, 5.41) is 29.3. The molecule has 0 aliphatic carbocycles. The van der Waals surface area contributed by atoms with Gasteiger partial charge in [-0.15, -0.1) is 0 Å². The zero-order chi connectivity index (χ0) is 15.1. The van der Waals surface area contributed by atoms with Crippen LogP contribution in [0.1, 0.15) is 5.56 Å². The second-order valence-corrected chi connectivity index (χ2v) is 4.16. The number of hydrogen-bond acceptors (Lipinski definition) is 4. The molecule has 21 heavy (non-hydrogen) atoms. The van der Waals surface area contributed by atoms with Crippen LogP contribution in [0.15, 0.2) is 60.3 Å². The number of anilines is 1. The molecule has 1 N–H and O–H groups in total. The molecule has 0 aliphatic heterocycles. The molecule has 0 atom stereocenters. The Labute approximate surface area is 122 Å².